The fraction of sp³-hybridized carbons (Fsp3) is 0.467. The fourth-order valence-corrected chi connectivity index (χ4v) is 2.47. The van der Waals surface area contributed by atoms with Gasteiger partial charge in [-0.2, -0.15) is 4.98 Å². The molecule has 0 aliphatic rings. The van der Waals surface area contributed by atoms with Crippen molar-refractivity contribution in [3.8, 4) is 0 Å². The molecule has 0 radical (unpaired) electrons. The van der Waals surface area contributed by atoms with Crippen molar-refractivity contribution in [3.63, 3.8) is 0 Å². The van der Waals surface area contributed by atoms with Gasteiger partial charge < -0.3 is 9.63 Å². The summed E-state index contributed by atoms with van der Waals surface area (Å²) in [4.78, 5) is 4.37. The van der Waals surface area contributed by atoms with Gasteiger partial charge in [0.25, 0.3) is 0 Å². The normalized spacial score (nSPS) is 13.4. The zero-order chi connectivity index (χ0) is 14.6. The SMILES string of the molecule is CC(C)(C)c1noc(CSCC(O)c2ccccc2)n1. The van der Waals surface area contributed by atoms with E-state index in [2.05, 4.69) is 10.1 Å². The number of benzene rings is 1. The van der Waals surface area contributed by atoms with Gasteiger partial charge in [0.2, 0.25) is 5.89 Å². The van der Waals surface area contributed by atoms with Crippen LogP contribution in [-0.4, -0.2) is 21.0 Å². The number of aliphatic hydroxyl groups excluding tert-OH is 1. The Hall–Kier alpha value is -1.33. The Labute approximate surface area is 123 Å². The number of hydrogen-bond acceptors (Lipinski definition) is 5. The minimum atomic E-state index is -0.466. The van der Waals surface area contributed by atoms with Gasteiger partial charge in [0, 0.05) is 11.2 Å². The van der Waals surface area contributed by atoms with Gasteiger partial charge in [0.15, 0.2) is 5.82 Å². The van der Waals surface area contributed by atoms with Crippen LogP contribution in [0.15, 0.2) is 34.9 Å². The van der Waals surface area contributed by atoms with E-state index in [0.717, 1.165) is 11.4 Å². The van der Waals surface area contributed by atoms with E-state index < -0.39 is 6.10 Å². The topological polar surface area (TPSA) is 59.2 Å². The van der Waals surface area contributed by atoms with Crippen LogP contribution in [0, 0.1) is 0 Å². The molecule has 2 aromatic rings. The molecule has 0 fully saturated rings. The van der Waals surface area contributed by atoms with E-state index in [1.807, 2.05) is 51.1 Å². The highest BCUT2D eigenvalue weighted by Gasteiger charge is 2.20. The molecule has 1 unspecified atom stereocenters. The van der Waals surface area contributed by atoms with E-state index in [4.69, 9.17) is 4.52 Å². The number of aliphatic hydroxyl groups is 1. The van der Waals surface area contributed by atoms with Crippen molar-refractivity contribution in [3.05, 3.63) is 47.6 Å². The highest BCUT2D eigenvalue weighted by atomic mass is 32.2. The van der Waals surface area contributed by atoms with Crippen molar-refractivity contribution in [1.82, 2.24) is 10.1 Å². The predicted molar refractivity (Wildman–Crippen MR) is 80.6 cm³/mol. The molecule has 0 bridgehead atoms. The van der Waals surface area contributed by atoms with Crippen LogP contribution in [-0.2, 0) is 11.2 Å². The largest absolute Gasteiger partial charge is 0.388 e. The Morgan fingerprint density at radius 1 is 1.25 bits per heavy atom. The lowest BCUT2D eigenvalue weighted by molar-refractivity contribution is 0.204. The Bertz CT molecular complexity index is 534. The Balaban J connectivity index is 1.83. The molecule has 1 aromatic heterocycles. The molecule has 1 aromatic carbocycles. The molecular weight excluding hydrogens is 272 g/mol. The molecule has 1 N–H and O–H groups in total. The van der Waals surface area contributed by atoms with Gasteiger partial charge in [0.05, 0.1) is 11.9 Å². The molecule has 0 spiro atoms. The molecule has 5 heteroatoms. The van der Waals surface area contributed by atoms with Crippen LogP contribution < -0.4 is 0 Å². The average molecular weight is 292 g/mol. The molecule has 1 heterocycles. The summed E-state index contributed by atoms with van der Waals surface area (Å²) in [5, 5.41) is 14.0. The lowest BCUT2D eigenvalue weighted by atomic mass is 9.96. The summed E-state index contributed by atoms with van der Waals surface area (Å²) in [6, 6.07) is 9.65. The van der Waals surface area contributed by atoms with Crippen LogP contribution in [0.5, 0.6) is 0 Å². The van der Waals surface area contributed by atoms with Crippen molar-refractivity contribution < 1.29 is 9.63 Å². The van der Waals surface area contributed by atoms with E-state index in [-0.39, 0.29) is 5.41 Å². The molecule has 1 atom stereocenters. The molecule has 0 aliphatic heterocycles. The van der Waals surface area contributed by atoms with Gasteiger partial charge in [0.1, 0.15) is 0 Å². The fourth-order valence-electron chi connectivity index (χ4n) is 1.65. The maximum absolute atomic E-state index is 10.0. The summed E-state index contributed by atoms with van der Waals surface area (Å²) in [5.41, 5.74) is 0.830. The second-order valence-electron chi connectivity index (χ2n) is 5.70. The smallest absolute Gasteiger partial charge is 0.236 e. The highest BCUT2D eigenvalue weighted by Crippen LogP contribution is 2.23. The molecule has 0 aliphatic carbocycles. The predicted octanol–water partition coefficient (Wildman–Crippen LogP) is 3.33. The van der Waals surface area contributed by atoms with Crippen LogP contribution in [0.4, 0.5) is 0 Å². The van der Waals surface area contributed by atoms with Crippen molar-refractivity contribution in [2.24, 2.45) is 0 Å². The van der Waals surface area contributed by atoms with E-state index in [9.17, 15) is 5.11 Å². The maximum Gasteiger partial charge on any atom is 0.236 e. The molecule has 20 heavy (non-hydrogen) atoms. The number of nitrogens with zero attached hydrogens (tertiary/aromatic N) is 2. The number of rotatable bonds is 5. The first kappa shape index (κ1) is 15.1. The van der Waals surface area contributed by atoms with Gasteiger partial charge in [-0.05, 0) is 5.56 Å². The molecule has 4 nitrogen and oxygen atoms in total. The first-order valence-corrected chi connectivity index (χ1v) is 7.76. The molecule has 0 saturated carbocycles. The van der Waals surface area contributed by atoms with Crippen LogP contribution in [0.1, 0.15) is 44.2 Å². The summed E-state index contributed by atoms with van der Waals surface area (Å²) in [6.45, 7) is 6.15. The van der Waals surface area contributed by atoms with Gasteiger partial charge in [-0.1, -0.05) is 56.3 Å². The summed E-state index contributed by atoms with van der Waals surface area (Å²) in [6.07, 6.45) is -0.466. The summed E-state index contributed by atoms with van der Waals surface area (Å²) >= 11 is 1.59. The first-order chi connectivity index (χ1) is 9.47. The van der Waals surface area contributed by atoms with E-state index >= 15 is 0 Å². The highest BCUT2D eigenvalue weighted by molar-refractivity contribution is 7.98. The molecular formula is C15H20N2O2S. The molecule has 2 rings (SSSR count). The Morgan fingerprint density at radius 2 is 1.95 bits per heavy atom. The van der Waals surface area contributed by atoms with Crippen molar-refractivity contribution in [2.45, 2.75) is 38.0 Å². The second kappa shape index (κ2) is 6.41. The monoisotopic (exact) mass is 292 g/mol. The summed E-state index contributed by atoms with van der Waals surface area (Å²) in [5.74, 6) is 2.56. The minimum absolute atomic E-state index is 0.101. The van der Waals surface area contributed by atoms with E-state index in [0.29, 0.717) is 17.4 Å². The van der Waals surface area contributed by atoms with Crippen molar-refractivity contribution in [2.75, 3.05) is 5.75 Å². The van der Waals surface area contributed by atoms with Gasteiger partial charge in [-0.25, -0.2) is 0 Å². The third-order valence-corrected chi connectivity index (χ3v) is 3.83. The lowest BCUT2D eigenvalue weighted by Crippen LogP contribution is -2.13. The maximum atomic E-state index is 10.0. The lowest BCUT2D eigenvalue weighted by Gasteiger charge is -2.11. The third kappa shape index (κ3) is 4.08. The van der Waals surface area contributed by atoms with E-state index in [1.165, 1.54) is 0 Å². The van der Waals surface area contributed by atoms with Crippen LogP contribution in [0.3, 0.4) is 0 Å². The zero-order valence-corrected chi connectivity index (χ0v) is 12.9. The Morgan fingerprint density at radius 3 is 2.55 bits per heavy atom. The standard InChI is InChI=1S/C15H20N2O2S/c1-15(2,3)14-16-13(19-17-14)10-20-9-12(18)11-7-5-4-6-8-11/h4-8,12,18H,9-10H2,1-3H3. The molecule has 0 amide bonds. The van der Waals surface area contributed by atoms with Gasteiger partial charge >= 0.3 is 0 Å². The van der Waals surface area contributed by atoms with Crippen molar-refractivity contribution in [1.29, 1.82) is 0 Å². The van der Waals surface area contributed by atoms with Crippen LogP contribution in [0.25, 0.3) is 0 Å². The average Bonchev–Trinajstić information content (AvgIpc) is 2.88. The minimum Gasteiger partial charge on any atom is -0.388 e. The summed E-state index contributed by atoms with van der Waals surface area (Å²) < 4.78 is 5.22. The molecule has 0 saturated heterocycles. The van der Waals surface area contributed by atoms with Crippen LogP contribution >= 0.6 is 11.8 Å². The van der Waals surface area contributed by atoms with Crippen molar-refractivity contribution >= 4 is 11.8 Å². The number of thioether (sulfide) groups is 1. The van der Waals surface area contributed by atoms with Gasteiger partial charge in [-0.15, -0.1) is 11.8 Å². The first-order valence-electron chi connectivity index (χ1n) is 6.60. The van der Waals surface area contributed by atoms with Gasteiger partial charge in [-0.3, -0.25) is 0 Å². The Kier molecular flexibility index (Phi) is 4.83. The summed E-state index contributed by atoms with van der Waals surface area (Å²) in [7, 11) is 0. The van der Waals surface area contributed by atoms with Crippen LogP contribution in [0.2, 0.25) is 0 Å². The quantitative estimate of drug-likeness (QED) is 0.916. The third-order valence-electron chi connectivity index (χ3n) is 2.82. The zero-order valence-electron chi connectivity index (χ0n) is 12.0. The molecule has 108 valence electrons. The van der Waals surface area contributed by atoms with E-state index in [1.54, 1.807) is 11.8 Å². The number of hydrogen-bond donors (Lipinski definition) is 1. The second-order valence-corrected chi connectivity index (χ2v) is 6.73. The number of aromatic nitrogens is 2.